The molecular formula is C18H13BrFN3O. The Hall–Kier alpha value is -2.47. The minimum atomic E-state index is -0.299. The summed E-state index contributed by atoms with van der Waals surface area (Å²) in [6.07, 6.45) is 0. The summed E-state index contributed by atoms with van der Waals surface area (Å²) < 4.78 is 15.7. The molecule has 0 amide bonds. The lowest BCUT2D eigenvalue weighted by Crippen LogP contribution is -2.20. The van der Waals surface area contributed by atoms with Crippen molar-refractivity contribution in [2.24, 2.45) is 7.05 Å². The van der Waals surface area contributed by atoms with Gasteiger partial charge in [-0.2, -0.15) is 0 Å². The monoisotopic (exact) mass is 385 g/mol. The molecule has 4 nitrogen and oxygen atoms in total. The van der Waals surface area contributed by atoms with Crippen LogP contribution in [0.5, 0.6) is 0 Å². The fraction of sp³-hybridized carbons (Fsp3) is 0.111. The number of aryl methyl sites for hydroxylation is 1. The van der Waals surface area contributed by atoms with Crippen molar-refractivity contribution >= 4 is 37.7 Å². The van der Waals surface area contributed by atoms with Gasteiger partial charge in [-0.15, -0.1) is 0 Å². The smallest absolute Gasteiger partial charge is 0.261 e. The first-order chi connectivity index (χ1) is 11.4. The lowest BCUT2D eigenvalue weighted by atomic mass is 10.1. The molecule has 0 aliphatic heterocycles. The summed E-state index contributed by atoms with van der Waals surface area (Å²) in [4.78, 5) is 20.6. The third-order valence-corrected chi connectivity index (χ3v) is 4.71. The van der Waals surface area contributed by atoms with Gasteiger partial charge in [-0.1, -0.05) is 0 Å². The quantitative estimate of drug-likeness (QED) is 0.531. The van der Waals surface area contributed by atoms with Crippen molar-refractivity contribution in [3.63, 3.8) is 0 Å². The van der Waals surface area contributed by atoms with Gasteiger partial charge in [0.2, 0.25) is 0 Å². The van der Waals surface area contributed by atoms with Crippen molar-refractivity contribution in [2.75, 3.05) is 0 Å². The summed E-state index contributed by atoms with van der Waals surface area (Å²) in [7, 11) is 1.69. The second-order valence-corrected chi connectivity index (χ2v) is 6.71. The zero-order chi connectivity index (χ0) is 17.0. The molecule has 0 saturated heterocycles. The van der Waals surface area contributed by atoms with Crippen LogP contribution in [0.2, 0.25) is 0 Å². The van der Waals surface area contributed by atoms with Crippen molar-refractivity contribution in [2.45, 2.75) is 6.92 Å². The minimum Gasteiger partial charge on any atom is -0.352 e. The third-order valence-electron chi connectivity index (χ3n) is 4.10. The van der Waals surface area contributed by atoms with Gasteiger partial charge < -0.3 is 4.98 Å². The van der Waals surface area contributed by atoms with E-state index in [0.717, 1.165) is 20.9 Å². The molecule has 2 aromatic heterocycles. The normalized spacial score (nSPS) is 11.5. The summed E-state index contributed by atoms with van der Waals surface area (Å²) in [5.74, 6) is 0.209. The van der Waals surface area contributed by atoms with Crippen LogP contribution in [0.4, 0.5) is 4.39 Å². The van der Waals surface area contributed by atoms with Gasteiger partial charge in [0, 0.05) is 22.4 Å². The Balaban J connectivity index is 2.05. The maximum Gasteiger partial charge on any atom is 0.261 e. The number of fused-ring (bicyclic) bond motifs is 2. The fourth-order valence-corrected chi connectivity index (χ4v) is 3.60. The summed E-state index contributed by atoms with van der Waals surface area (Å²) in [5.41, 5.74) is 2.95. The van der Waals surface area contributed by atoms with E-state index in [-0.39, 0.29) is 11.4 Å². The number of benzene rings is 2. The Morgan fingerprint density at radius 2 is 2.00 bits per heavy atom. The molecule has 0 saturated carbocycles. The molecule has 4 aromatic rings. The molecule has 1 N–H and O–H groups in total. The molecule has 0 aliphatic carbocycles. The second-order valence-electron chi connectivity index (χ2n) is 5.86. The highest BCUT2D eigenvalue weighted by Gasteiger charge is 2.14. The van der Waals surface area contributed by atoms with E-state index >= 15 is 0 Å². The van der Waals surface area contributed by atoms with Crippen LogP contribution in [0.25, 0.3) is 33.3 Å². The summed E-state index contributed by atoms with van der Waals surface area (Å²) in [6, 6.07) is 10.1. The summed E-state index contributed by atoms with van der Waals surface area (Å²) in [6.45, 7) is 1.93. The molecule has 120 valence electrons. The van der Waals surface area contributed by atoms with Crippen LogP contribution in [0.15, 0.2) is 45.7 Å². The van der Waals surface area contributed by atoms with Crippen LogP contribution in [0.3, 0.4) is 0 Å². The molecule has 2 aromatic carbocycles. The number of aromatic nitrogens is 3. The predicted molar refractivity (Wildman–Crippen MR) is 96.7 cm³/mol. The number of hydrogen-bond donors (Lipinski definition) is 1. The van der Waals surface area contributed by atoms with Gasteiger partial charge in [0.05, 0.1) is 16.6 Å². The molecule has 24 heavy (non-hydrogen) atoms. The van der Waals surface area contributed by atoms with E-state index in [9.17, 15) is 9.18 Å². The van der Waals surface area contributed by atoms with Gasteiger partial charge in [0.15, 0.2) is 5.82 Å². The summed E-state index contributed by atoms with van der Waals surface area (Å²) in [5, 5.41) is 1.30. The Labute approximate surface area is 145 Å². The zero-order valence-electron chi connectivity index (χ0n) is 13.0. The van der Waals surface area contributed by atoms with Gasteiger partial charge in [-0.3, -0.25) is 9.36 Å². The number of rotatable bonds is 1. The maximum atomic E-state index is 13.4. The predicted octanol–water partition coefficient (Wildman–Crippen LogP) is 4.29. The second kappa shape index (κ2) is 5.27. The van der Waals surface area contributed by atoms with E-state index in [4.69, 9.17) is 0 Å². The molecule has 0 atom stereocenters. The number of hydrogen-bond acceptors (Lipinski definition) is 2. The number of nitrogens with one attached hydrogen (secondary N) is 1. The molecule has 0 spiro atoms. The molecule has 6 heteroatoms. The molecule has 4 rings (SSSR count). The van der Waals surface area contributed by atoms with E-state index in [1.54, 1.807) is 19.2 Å². The number of aromatic amines is 1. The Morgan fingerprint density at radius 3 is 2.79 bits per heavy atom. The van der Waals surface area contributed by atoms with Crippen LogP contribution in [0, 0.1) is 12.7 Å². The molecular weight excluding hydrogens is 373 g/mol. The van der Waals surface area contributed by atoms with E-state index in [2.05, 4.69) is 25.9 Å². The fourth-order valence-electron chi connectivity index (χ4n) is 2.93. The van der Waals surface area contributed by atoms with Crippen LogP contribution in [0.1, 0.15) is 5.56 Å². The highest BCUT2D eigenvalue weighted by Crippen LogP contribution is 2.27. The van der Waals surface area contributed by atoms with Crippen LogP contribution < -0.4 is 5.56 Å². The van der Waals surface area contributed by atoms with Gasteiger partial charge in [0.1, 0.15) is 5.82 Å². The lowest BCUT2D eigenvalue weighted by Gasteiger charge is -2.09. The van der Waals surface area contributed by atoms with Gasteiger partial charge in [0.25, 0.3) is 5.56 Å². The SMILES string of the molecule is Cc1cc(Br)c2nc(-c3cc4cc(F)ccc4[nH]3)n(C)c(=O)c2c1. The average Bonchev–Trinajstić information content (AvgIpc) is 2.94. The molecule has 2 heterocycles. The largest absolute Gasteiger partial charge is 0.352 e. The standard InChI is InChI=1S/C18H13BrFN3O/c1-9-5-12-16(13(19)6-9)22-17(23(2)18(12)24)15-8-10-7-11(20)3-4-14(10)21-15/h3-8,21H,1-2H3. The topological polar surface area (TPSA) is 50.7 Å². The average molecular weight is 386 g/mol. The first kappa shape index (κ1) is 15.1. The molecule has 0 radical (unpaired) electrons. The lowest BCUT2D eigenvalue weighted by molar-refractivity contribution is 0.630. The van der Waals surface area contributed by atoms with Crippen molar-refractivity contribution < 1.29 is 4.39 Å². The van der Waals surface area contributed by atoms with E-state index in [1.165, 1.54) is 16.7 Å². The Kier molecular flexibility index (Phi) is 3.31. The molecule has 0 aliphatic rings. The third kappa shape index (κ3) is 2.26. The van der Waals surface area contributed by atoms with Crippen molar-refractivity contribution in [1.82, 2.24) is 14.5 Å². The first-order valence-corrected chi connectivity index (χ1v) is 8.19. The van der Waals surface area contributed by atoms with Gasteiger partial charge in [-0.25, -0.2) is 9.37 Å². The summed E-state index contributed by atoms with van der Waals surface area (Å²) >= 11 is 3.49. The number of H-pyrrole nitrogens is 1. The Morgan fingerprint density at radius 1 is 1.21 bits per heavy atom. The van der Waals surface area contributed by atoms with Crippen molar-refractivity contribution in [3.05, 3.63) is 62.6 Å². The van der Waals surface area contributed by atoms with Crippen LogP contribution in [-0.4, -0.2) is 14.5 Å². The van der Waals surface area contributed by atoms with Crippen molar-refractivity contribution in [1.29, 1.82) is 0 Å². The molecule has 0 bridgehead atoms. The highest BCUT2D eigenvalue weighted by atomic mass is 79.9. The first-order valence-electron chi connectivity index (χ1n) is 7.39. The zero-order valence-corrected chi connectivity index (χ0v) is 14.6. The Bertz CT molecular complexity index is 1180. The van der Waals surface area contributed by atoms with Crippen molar-refractivity contribution in [3.8, 4) is 11.5 Å². The van der Waals surface area contributed by atoms with Crippen LogP contribution >= 0.6 is 15.9 Å². The van der Waals surface area contributed by atoms with E-state index in [0.29, 0.717) is 22.4 Å². The molecule has 0 unspecified atom stereocenters. The number of nitrogens with zero attached hydrogens (tertiary/aromatic N) is 2. The van der Waals surface area contributed by atoms with E-state index in [1.807, 2.05) is 19.1 Å². The van der Waals surface area contributed by atoms with Gasteiger partial charge >= 0.3 is 0 Å². The maximum absolute atomic E-state index is 13.4. The number of halogens is 2. The van der Waals surface area contributed by atoms with E-state index < -0.39 is 0 Å². The highest BCUT2D eigenvalue weighted by molar-refractivity contribution is 9.10. The van der Waals surface area contributed by atoms with Gasteiger partial charge in [-0.05, 0) is 64.8 Å². The van der Waals surface area contributed by atoms with Crippen LogP contribution in [-0.2, 0) is 7.05 Å². The minimum absolute atomic E-state index is 0.121. The molecule has 0 fully saturated rings.